The second-order valence-electron chi connectivity index (χ2n) is 4.56. The third-order valence-electron chi connectivity index (χ3n) is 3.25. The zero-order valence-electron chi connectivity index (χ0n) is 9.85. The van der Waals surface area contributed by atoms with E-state index in [1.807, 2.05) is 6.07 Å². The van der Waals surface area contributed by atoms with Crippen LogP contribution < -0.4 is 4.31 Å². The Kier molecular flexibility index (Phi) is 2.35. The van der Waals surface area contributed by atoms with Crippen molar-refractivity contribution in [1.82, 2.24) is 0 Å². The molecule has 3 rings (SSSR count). The summed E-state index contributed by atoms with van der Waals surface area (Å²) in [6.45, 7) is 0.465. The van der Waals surface area contributed by atoms with Crippen LogP contribution in [0.5, 0.6) is 0 Å². The Balaban J connectivity index is 2.25. The lowest BCUT2D eigenvalue weighted by Gasteiger charge is -2.16. The molecule has 0 unspecified atom stereocenters. The summed E-state index contributed by atoms with van der Waals surface area (Å²) in [7, 11) is -3.26. The van der Waals surface area contributed by atoms with Crippen molar-refractivity contribution in [2.75, 3.05) is 17.1 Å². The van der Waals surface area contributed by atoms with Gasteiger partial charge in [-0.25, -0.2) is 12.8 Å². The first-order valence-electron chi connectivity index (χ1n) is 5.65. The number of hydrogen-bond acceptors (Lipinski definition) is 2. The second-order valence-corrected chi connectivity index (χ2v) is 6.46. The summed E-state index contributed by atoms with van der Waals surface area (Å²) in [5.41, 5.74) is 1.68. The third-order valence-corrected chi connectivity index (χ3v) is 4.43. The molecular weight excluding hydrogens is 253 g/mol. The summed E-state index contributed by atoms with van der Waals surface area (Å²) in [5.74, 6) is -0.314. The number of benzene rings is 2. The molecule has 0 aromatic heterocycles. The van der Waals surface area contributed by atoms with Gasteiger partial charge in [0.2, 0.25) is 10.0 Å². The standard InChI is InChI=1S/C13H12FNO2S/c1-18(16,17)15-5-4-10-6-9-2-3-12(14)7-11(9)8-13(10)15/h2-3,6-8H,4-5H2,1H3. The molecule has 18 heavy (non-hydrogen) atoms. The summed E-state index contributed by atoms with van der Waals surface area (Å²) < 4.78 is 37.9. The number of sulfonamides is 1. The molecule has 2 aromatic rings. The number of nitrogens with zero attached hydrogens (tertiary/aromatic N) is 1. The first kappa shape index (κ1) is 11.5. The van der Waals surface area contributed by atoms with E-state index in [2.05, 4.69) is 0 Å². The summed E-state index contributed by atoms with van der Waals surface area (Å²) in [6, 6.07) is 8.25. The highest BCUT2D eigenvalue weighted by Crippen LogP contribution is 2.34. The molecule has 0 N–H and O–H groups in total. The monoisotopic (exact) mass is 265 g/mol. The van der Waals surface area contributed by atoms with E-state index < -0.39 is 10.0 Å². The Morgan fingerprint density at radius 3 is 2.67 bits per heavy atom. The highest BCUT2D eigenvalue weighted by atomic mass is 32.2. The maximum absolute atomic E-state index is 13.2. The molecule has 0 fully saturated rings. The molecule has 0 spiro atoms. The third kappa shape index (κ3) is 1.75. The van der Waals surface area contributed by atoms with Crippen LogP contribution in [0.4, 0.5) is 10.1 Å². The van der Waals surface area contributed by atoms with E-state index in [0.717, 1.165) is 16.3 Å². The number of halogens is 1. The van der Waals surface area contributed by atoms with Crippen molar-refractivity contribution in [2.45, 2.75) is 6.42 Å². The van der Waals surface area contributed by atoms with Crippen molar-refractivity contribution in [1.29, 1.82) is 0 Å². The smallest absolute Gasteiger partial charge is 0.232 e. The normalized spacial score (nSPS) is 15.1. The molecule has 0 amide bonds. The summed E-state index contributed by atoms with van der Waals surface area (Å²) >= 11 is 0. The minimum Gasteiger partial charge on any atom is -0.270 e. The highest BCUT2D eigenvalue weighted by Gasteiger charge is 2.26. The van der Waals surface area contributed by atoms with Crippen LogP contribution in [0.3, 0.4) is 0 Å². The molecular formula is C13H12FNO2S. The van der Waals surface area contributed by atoms with Gasteiger partial charge in [0.15, 0.2) is 0 Å². The molecule has 0 bridgehead atoms. The van der Waals surface area contributed by atoms with Gasteiger partial charge in [-0.1, -0.05) is 6.07 Å². The van der Waals surface area contributed by atoms with Gasteiger partial charge in [0.25, 0.3) is 0 Å². The van der Waals surface area contributed by atoms with Crippen molar-refractivity contribution < 1.29 is 12.8 Å². The quantitative estimate of drug-likeness (QED) is 0.793. The number of hydrogen-bond donors (Lipinski definition) is 0. The minimum absolute atomic E-state index is 0.314. The lowest BCUT2D eigenvalue weighted by Crippen LogP contribution is -2.27. The maximum atomic E-state index is 13.2. The number of rotatable bonds is 1. The van der Waals surface area contributed by atoms with Crippen LogP contribution in [-0.4, -0.2) is 21.2 Å². The van der Waals surface area contributed by atoms with Gasteiger partial charge in [0.05, 0.1) is 11.9 Å². The average molecular weight is 265 g/mol. The van der Waals surface area contributed by atoms with Gasteiger partial charge >= 0.3 is 0 Å². The van der Waals surface area contributed by atoms with E-state index in [9.17, 15) is 12.8 Å². The molecule has 2 aromatic carbocycles. The van der Waals surface area contributed by atoms with Gasteiger partial charge in [-0.15, -0.1) is 0 Å². The van der Waals surface area contributed by atoms with E-state index >= 15 is 0 Å². The van der Waals surface area contributed by atoms with Crippen molar-refractivity contribution in [3.63, 3.8) is 0 Å². The van der Waals surface area contributed by atoms with Crippen LogP contribution in [0, 0.1) is 5.82 Å². The van der Waals surface area contributed by atoms with Crippen LogP contribution in [-0.2, 0) is 16.4 Å². The lowest BCUT2D eigenvalue weighted by atomic mass is 10.1. The van der Waals surface area contributed by atoms with Gasteiger partial charge in [0, 0.05) is 6.54 Å². The van der Waals surface area contributed by atoms with Gasteiger partial charge in [-0.3, -0.25) is 4.31 Å². The highest BCUT2D eigenvalue weighted by molar-refractivity contribution is 7.92. The fraction of sp³-hybridized carbons (Fsp3) is 0.231. The predicted octanol–water partition coefficient (Wildman–Crippen LogP) is 2.30. The molecule has 3 nitrogen and oxygen atoms in total. The zero-order chi connectivity index (χ0) is 12.9. The average Bonchev–Trinajstić information content (AvgIpc) is 2.68. The second kappa shape index (κ2) is 3.68. The number of anilines is 1. The Labute approximate surface area is 105 Å². The zero-order valence-corrected chi connectivity index (χ0v) is 10.7. The maximum Gasteiger partial charge on any atom is 0.232 e. The Morgan fingerprint density at radius 2 is 1.94 bits per heavy atom. The predicted molar refractivity (Wildman–Crippen MR) is 69.8 cm³/mol. The first-order valence-corrected chi connectivity index (χ1v) is 7.50. The van der Waals surface area contributed by atoms with Crippen molar-refractivity contribution >= 4 is 26.5 Å². The Bertz CT molecular complexity index is 740. The molecule has 0 aliphatic carbocycles. The molecule has 0 atom stereocenters. The van der Waals surface area contributed by atoms with E-state index in [-0.39, 0.29) is 5.82 Å². The Morgan fingerprint density at radius 1 is 1.17 bits per heavy atom. The largest absolute Gasteiger partial charge is 0.270 e. The van der Waals surface area contributed by atoms with E-state index in [1.54, 1.807) is 12.1 Å². The van der Waals surface area contributed by atoms with E-state index in [4.69, 9.17) is 0 Å². The van der Waals surface area contributed by atoms with Gasteiger partial charge in [-0.2, -0.15) is 0 Å². The summed E-state index contributed by atoms with van der Waals surface area (Å²) in [6.07, 6.45) is 1.90. The summed E-state index contributed by atoms with van der Waals surface area (Å²) in [5, 5.41) is 1.66. The SMILES string of the molecule is CS(=O)(=O)N1CCc2cc3ccc(F)cc3cc21. The molecule has 1 heterocycles. The molecule has 1 aliphatic rings. The van der Waals surface area contributed by atoms with E-state index in [1.165, 1.54) is 22.7 Å². The molecule has 0 saturated carbocycles. The van der Waals surface area contributed by atoms with Gasteiger partial charge in [-0.05, 0) is 47.0 Å². The van der Waals surface area contributed by atoms with Crippen LogP contribution >= 0.6 is 0 Å². The molecule has 5 heteroatoms. The van der Waals surface area contributed by atoms with E-state index in [0.29, 0.717) is 18.7 Å². The van der Waals surface area contributed by atoms with Gasteiger partial charge < -0.3 is 0 Å². The topological polar surface area (TPSA) is 37.4 Å². The van der Waals surface area contributed by atoms with Crippen LogP contribution in [0.25, 0.3) is 10.8 Å². The first-order chi connectivity index (χ1) is 8.45. The van der Waals surface area contributed by atoms with Crippen LogP contribution in [0.2, 0.25) is 0 Å². The van der Waals surface area contributed by atoms with Crippen LogP contribution in [0.15, 0.2) is 30.3 Å². The Hall–Kier alpha value is -1.62. The fourth-order valence-electron chi connectivity index (χ4n) is 2.42. The summed E-state index contributed by atoms with van der Waals surface area (Å²) in [4.78, 5) is 0. The van der Waals surface area contributed by atoms with Crippen molar-refractivity contribution in [3.8, 4) is 0 Å². The number of fused-ring (bicyclic) bond motifs is 2. The minimum atomic E-state index is -3.26. The van der Waals surface area contributed by atoms with Crippen LogP contribution in [0.1, 0.15) is 5.56 Å². The molecule has 0 radical (unpaired) electrons. The molecule has 94 valence electrons. The van der Waals surface area contributed by atoms with Crippen molar-refractivity contribution in [3.05, 3.63) is 41.7 Å². The fourth-order valence-corrected chi connectivity index (χ4v) is 3.37. The van der Waals surface area contributed by atoms with Gasteiger partial charge in [0.1, 0.15) is 5.82 Å². The molecule has 0 saturated heterocycles. The van der Waals surface area contributed by atoms with Crippen molar-refractivity contribution in [2.24, 2.45) is 0 Å². The molecule has 1 aliphatic heterocycles. The lowest BCUT2D eigenvalue weighted by molar-refractivity contribution is 0.598.